The van der Waals surface area contributed by atoms with Gasteiger partial charge in [-0.2, -0.15) is 0 Å². The van der Waals surface area contributed by atoms with Crippen molar-refractivity contribution in [2.24, 2.45) is 0 Å². The van der Waals surface area contributed by atoms with Crippen LogP contribution in [0.15, 0.2) is 24.3 Å². The van der Waals surface area contributed by atoms with Gasteiger partial charge in [0.2, 0.25) is 0 Å². The molecule has 0 saturated heterocycles. The summed E-state index contributed by atoms with van der Waals surface area (Å²) in [4.78, 5) is 0. The monoisotopic (exact) mass is 226 g/mol. The molecule has 0 aliphatic rings. The highest BCUT2D eigenvalue weighted by Crippen LogP contribution is 2.24. The van der Waals surface area contributed by atoms with Gasteiger partial charge >= 0.3 is 0 Å². The van der Waals surface area contributed by atoms with Gasteiger partial charge in [-0.25, -0.2) is 4.39 Å². The molecular weight excluding hydrogens is 207 g/mol. The summed E-state index contributed by atoms with van der Waals surface area (Å²) < 4.78 is 23.9. The molecule has 0 heterocycles. The molecule has 1 aromatic carbocycles. The van der Waals surface area contributed by atoms with Crippen molar-refractivity contribution in [2.45, 2.75) is 38.9 Å². The third-order valence-electron chi connectivity index (χ3n) is 2.63. The van der Waals surface area contributed by atoms with Crippen molar-refractivity contribution in [1.29, 1.82) is 0 Å². The number of benzene rings is 1. The Labute approximate surface area is 96.4 Å². The summed E-state index contributed by atoms with van der Waals surface area (Å²) in [6.45, 7) is 5.98. The van der Waals surface area contributed by atoms with E-state index in [1.54, 1.807) is 19.2 Å². The molecule has 0 bridgehead atoms. The van der Waals surface area contributed by atoms with Crippen LogP contribution in [0.2, 0.25) is 0 Å². The molecule has 3 heteroatoms. The van der Waals surface area contributed by atoms with Crippen LogP contribution >= 0.6 is 0 Å². The third-order valence-corrected chi connectivity index (χ3v) is 2.63. The number of methoxy groups -OCH3 is 1. The molecule has 0 amide bonds. The number of hydrogen-bond donors (Lipinski definition) is 0. The van der Waals surface area contributed by atoms with E-state index in [-0.39, 0.29) is 11.9 Å². The Morgan fingerprint density at radius 1 is 1.25 bits per heavy atom. The van der Waals surface area contributed by atoms with Gasteiger partial charge in [-0.1, -0.05) is 6.92 Å². The molecule has 1 atom stereocenters. The summed E-state index contributed by atoms with van der Waals surface area (Å²) in [5.74, 6) is 0.394. The lowest BCUT2D eigenvalue weighted by Gasteiger charge is -2.33. The zero-order valence-electron chi connectivity index (χ0n) is 10.3. The van der Waals surface area contributed by atoms with E-state index in [2.05, 4.69) is 0 Å². The molecule has 1 rings (SSSR count). The zero-order valence-corrected chi connectivity index (χ0v) is 10.3. The van der Waals surface area contributed by atoms with E-state index >= 15 is 0 Å². The Bertz CT molecular complexity index is 315. The standard InChI is InChI=1S/C13H19FO2/c1-5-12(15-4)13(2,3)16-11-8-6-10(14)7-9-11/h6-9,12H,5H2,1-4H3. The highest BCUT2D eigenvalue weighted by molar-refractivity contribution is 5.23. The first kappa shape index (κ1) is 13.0. The molecule has 1 unspecified atom stereocenters. The molecule has 0 radical (unpaired) electrons. The fraction of sp³-hybridized carbons (Fsp3) is 0.538. The fourth-order valence-electron chi connectivity index (χ4n) is 1.81. The second kappa shape index (κ2) is 5.30. The fourth-order valence-corrected chi connectivity index (χ4v) is 1.81. The molecule has 1 aromatic rings. The molecule has 0 saturated carbocycles. The summed E-state index contributed by atoms with van der Waals surface area (Å²) in [6.07, 6.45) is 0.877. The molecule has 2 nitrogen and oxygen atoms in total. The Kier molecular flexibility index (Phi) is 4.30. The highest BCUT2D eigenvalue weighted by Gasteiger charge is 2.30. The van der Waals surface area contributed by atoms with Crippen LogP contribution in [0.3, 0.4) is 0 Å². The molecule has 0 fully saturated rings. The maximum atomic E-state index is 12.7. The highest BCUT2D eigenvalue weighted by atomic mass is 19.1. The first-order valence-electron chi connectivity index (χ1n) is 5.47. The quantitative estimate of drug-likeness (QED) is 0.766. The Morgan fingerprint density at radius 3 is 2.25 bits per heavy atom. The zero-order chi connectivity index (χ0) is 12.2. The molecular formula is C13H19FO2. The normalized spacial score (nSPS) is 13.6. The summed E-state index contributed by atoms with van der Waals surface area (Å²) in [7, 11) is 1.67. The lowest BCUT2D eigenvalue weighted by Crippen LogP contribution is -2.42. The van der Waals surface area contributed by atoms with Crippen molar-refractivity contribution in [3.05, 3.63) is 30.1 Å². The number of halogens is 1. The smallest absolute Gasteiger partial charge is 0.129 e. The first-order valence-corrected chi connectivity index (χ1v) is 5.47. The predicted molar refractivity (Wildman–Crippen MR) is 62.2 cm³/mol. The average molecular weight is 226 g/mol. The van der Waals surface area contributed by atoms with Crippen molar-refractivity contribution < 1.29 is 13.9 Å². The maximum Gasteiger partial charge on any atom is 0.129 e. The van der Waals surface area contributed by atoms with Crippen LogP contribution < -0.4 is 4.74 Å². The van der Waals surface area contributed by atoms with Gasteiger partial charge < -0.3 is 9.47 Å². The minimum Gasteiger partial charge on any atom is -0.485 e. The Balaban J connectivity index is 2.75. The second-order valence-corrected chi connectivity index (χ2v) is 4.29. The first-order chi connectivity index (χ1) is 7.49. The molecule has 0 aliphatic carbocycles. The van der Waals surface area contributed by atoms with Gasteiger partial charge in [0, 0.05) is 7.11 Å². The van der Waals surface area contributed by atoms with Gasteiger partial charge in [0.15, 0.2) is 0 Å². The van der Waals surface area contributed by atoms with Gasteiger partial charge in [-0.05, 0) is 44.5 Å². The van der Waals surface area contributed by atoms with Crippen molar-refractivity contribution in [3.63, 3.8) is 0 Å². The number of hydrogen-bond acceptors (Lipinski definition) is 2. The largest absolute Gasteiger partial charge is 0.485 e. The van der Waals surface area contributed by atoms with Crippen molar-refractivity contribution >= 4 is 0 Å². The van der Waals surface area contributed by atoms with Gasteiger partial charge in [0.05, 0.1) is 6.10 Å². The molecule has 16 heavy (non-hydrogen) atoms. The number of rotatable bonds is 5. The van der Waals surface area contributed by atoms with Gasteiger partial charge in [0.25, 0.3) is 0 Å². The summed E-state index contributed by atoms with van der Waals surface area (Å²) in [5.41, 5.74) is -0.429. The van der Waals surface area contributed by atoms with E-state index in [9.17, 15) is 4.39 Å². The molecule has 90 valence electrons. The lowest BCUT2D eigenvalue weighted by molar-refractivity contribution is -0.0542. The predicted octanol–water partition coefficient (Wildman–Crippen LogP) is 3.41. The summed E-state index contributed by atoms with van der Waals surface area (Å²) in [5, 5.41) is 0. The van der Waals surface area contributed by atoms with Crippen LogP contribution in [-0.2, 0) is 4.74 Å². The van der Waals surface area contributed by atoms with E-state index < -0.39 is 5.60 Å². The van der Waals surface area contributed by atoms with Crippen molar-refractivity contribution in [1.82, 2.24) is 0 Å². The van der Waals surface area contributed by atoms with E-state index in [4.69, 9.17) is 9.47 Å². The topological polar surface area (TPSA) is 18.5 Å². The molecule has 0 spiro atoms. The lowest BCUT2D eigenvalue weighted by atomic mass is 9.99. The van der Waals surface area contributed by atoms with Crippen LogP contribution in [0.5, 0.6) is 5.75 Å². The SMILES string of the molecule is CCC(OC)C(C)(C)Oc1ccc(F)cc1. The van der Waals surface area contributed by atoms with Crippen molar-refractivity contribution in [3.8, 4) is 5.75 Å². The van der Waals surface area contributed by atoms with Gasteiger partial charge in [0.1, 0.15) is 17.2 Å². The van der Waals surface area contributed by atoms with Crippen LogP contribution in [0.1, 0.15) is 27.2 Å². The summed E-state index contributed by atoms with van der Waals surface area (Å²) >= 11 is 0. The number of ether oxygens (including phenoxy) is 2. The van der Waals surface area contributed by atoms with Crippen LogP contribution in [-0.4, -0.2) is 18.8 Å². The Morgan fingerprint density at radius 2 is 1.81 bits per heavy atom. The Hall–Kier alpha value is -1.09. The van der Waals surface area contributed by atoms with Crippen LogP contribution in [0.25, 0.3) is 0 Å². The van der Waals surface area contributed by atoms with Crippen LogP contribution in [0, 0.1) is 5.82 Å². The van der Waals surface area contributed by atoms with Gasteiger partial charge in [-0.15, -0.1) is 0 Å². The molecule has 0 aromatic heterocycles. The molecule has 0 N–H and O–H groups in total. The van der Waals surface area contributed by atoms with E-state index in [1.165, 1.54) is 12.1 Å². The third kappa shape index (κ3) is 3.20. The van der Waals surface area contributed by atoms with Gasteiger partial charge in [-0.3, -0.25) is 0 Å². The van der Waals surface area contributed by atoms with E-state index in [1.807, 2.05) is 20.8 Å². The average Bonchev–Trinajstić information content (AvgIpc) is 2.22. The van der Waals surface area contributed by atoms with E-state index in [0.717, 1.165) is 6.42 Å². The minimum atomic E-state index is -0.429. The molecule has 0 aliphatic heterocycles. The second-order valence-electron chi connectivity index (χ2n) is 4.29. The van der Waals surface area contributed by atoms with Crippen molar-refractivity contribution in [2.75, 3.05) is 7.11 Å². The van der Waals surface area contributed by atoms with E-state index in [0.29, 0.717) is 5.75 Å². The van der Waals surface area contributed by atoms with Crippen LogP contribution in [0.4, 0.5) is 4.39 Å². The maximum absolute atomic E-state index is 12.7. The minimum absolute atomic E-state index is 0.0116. The summed E-state index contributed by atoms with van der Waals surface area (Å²) in [6, 6.07) is 6.03.